The maximum absolute atomic E-state index is 5.79. The van der Waals surface area contributed by atoms with E-state index in [9.17, 15) is 0 Å². The zero-order valence-corrected chi connectivity index (χ0v) is 10.3. The Balaban J connectivity index is 2.00. The summed E-state index contributed by atoms with van der Waals surface area (Å²) in [4.78, 5) is 0. The van der Waals surface area contributed by atoms with Gasteiger partial charge in [-0.25, -0.2) is 0 Å². The topological polar surface area (TPSA) is 18.5 Å². The van der Waals surface area contributed by atoms with Gasteiger partial charge in [0, 0.05) is 11.3 Å². The Morgan fingerprint density at radius 2 is 1.69 bits per heavy atom. The smallest absolute Gasteiger partial charge is 0.164 e. The van der Waals surface area contributed by atoms with Gasteiger partial charge in [-0.3, -0.25) is 0 Å². The first kappa shape index (κ1) is 11.6. The summed E-state index contributed by atoms with van der Waals surface area (Å²) in [7, 11) is 0. The van der Waals surface area contributed by atoms with Crippen molar-refractivity contribution >= 4 is 0 Å². The van der Waals surface area contributed by atoms with Crippen LogP contribution in [-0.2, 0) is 9.47 Å². The Morgan fingerprint density at radius 1 is 1.12 bits per heavy atom. The number of ether oxygens (including phenoxy) is 2. The Bertz CT molecular complexity index is 322. The first-order valence-corrected chi connectivity index (χ1v) is 5.87. The normalized spacial score (nSPS) is 22.9. The molecule has 0 aliphatic carbocycles. The number of rotatable bonds is 2. The predicted molar refractivity (Wildman–Crippen MR) is 64.3 cm³/mol. The fourth-order valence-electron chi connectivity index (χ4n) is 1.91. The molecule has 0 amide bonds. The Kier molecular flexibility index (Phi) is 3.31. The van der Waals surface area contributed by atoms with Gasteiger partial charge in [-0.2, -0.15) is 0 Å². The van der Waals surface area contributed by atoms with Crippen molar-refractivity contribution in [3.8, 4) is 0 Å². The van der Waals surface area contributed by atoms with Crippen LogP contribution < -0.4 is 0 Å². The predicted octanol–water partition coefficient (Wildman–Crippen LogP) is 3.19. The van der Waals surface area contributed by atoms with Gasteiger partial charge in [0.15, 0.2) is 6.29 Å². The lowest BCUT2D eigenvalue weighted by Gasteiger charge is -2.37. The Hall–Kier alpha value is -0.860. The minimum Gasteiger partial charge on any atom is -0.351 e. The van der Waals surface area contributed by atoms with Crippen LogP contribution in [0.4, 0.5) is 0 Å². The molecule has 2 heteroatoms. The van der Waals surface area contributed by atoms with Crippen molar-refractivity contribution in [2.45, 2.75) is 33.0 Å². The molecule has 2 nitrogen and oxygen atoms in total. The lowest BCUT2D eigenvalue weighted by atomic mass is 9.94. The quantitative estimate of drug-likeness (QED) is 0.762. The van der Waals surface area contributed by atoms with E-state index < -0.39 is 0 Å². The highest BCUT2D eigenvalue weighted by molar-refractivity contribution is 5.19. The zero-order valence-electron chi connectivity index (χ0n) is 10.3. The zero-order chi connectivity index (χ0) is 11.6. The van der Waals surface area contributed by atoms with Gasteiger partial charge < -0.3 is 9.47 Å². The molecule has 1 atom stereocenters. The molecular formula is C14H20O2. The molecule has 0 radical (unpaired) electrons. The summed E-state index contributed by atoms with van der Waals surface area (Å²) in [5, 5.41) is 0. The van der Waals surface area contributed by atoms with Crippen LogP contribution in [0.5, 0.6) is 0 Å². The first-order valence-electron chi connectivity index (χ1n) is 5.87. The van der Waals surface area contributed by atoms with Gasteiger partial charge in [0.05, 0.1) is 13.2 Å². The molecule has 1 aromatic rings. The lowest BCUT2D eigenvalue weighted by Crippen LogP contribution is -2.39. The minimum absolute atomic E-state index is 0.101. The molecule has 1 heterocycles. The van der Waals surface area contributed by atoms with Crippen molar-refractivity contribution in [1.29, 1.82) is 0 Å². The third kappa shape index (κ3) is 2.63. The van der Waals surface area contributed by atoms with Crippen molar-refractivity contribution in [3.05, 3.63) is 35.9 Å². The van der Waals surface area contributed by atoms with E-state index >= 15 is 0 Å². The molecule has 1 aliphatic rings. The molecule has 1 aromatic carbocycles. The molecule has 0 aromatic heterocycles. The van der Waals surface area contributed by atoms with Crippen LogP contribution in [0.2, 0.25) is 0 Å². The second kappa shape index (κ2) is 4.56. The van der Waals surface area contributed by atoms with Gasteiger partial charge >= 0.3 is 0 Å². The third-order valence-electron chi connectivity index (χ3n) is 3.01. The summed E-state index contributed by atoms with van der Waals surface area (Å²) in [6.07, 6.45) is -0.101. The Labute approximate surface area is 97.6 Å². The van der Waals surface area contributed by atoms with Gasteiger partial charge in [0.25, 0.3) is 0 Å². The maximum atomic E-state index is 5.79. The van der Waals surface area contributed by atoms with Crippen LogP contribution in [0.1, 0.15) is 32.3 Å². The van der Waals surface area contributed by atoms with Gasteiger partial charge in [-0.15, -0.1) is 0 Å². The average molecular weight is 220 g/mol. The van der Waals surface area contributed by atoms with Crippen LogP contribution in [0, 0.1) is 5.41 Å². The fourth-order valence-corrected chi connectivity index (χ4v) is 1.91. The second-order valence-corrected chi connectivity index (χ2v) is 5.35. The van der Waals surface area contributed by atoms with E-state index in [1.165, 1.54) is 5.56 Å². The highest BCUT2D eigenvalue weighted by Crippen LogP contribution is 2.30. The summed E-state index contributed by atoms with van der Waals surface area (Å²) in [6, 6.07) is 10.4. The maximum Gasteiger partial charge on any atom is 0.164 e. The number of hydrogen-bond acceptors (Lipinski definition) is 2. The largest absolute Gasteiger partial charge is 0.351 e. The fraction of sp³-hybridized carbons (Fsp3) is 0.571. The van der Waals surface area contributed by atoms with E-state index in [4.69, 9.17) is 9.47 Å². The molecular weight excluding hydrogens is 200 g/mol. The lowest BCUT2D eigenvalue weighted by molar-refractivity contribution is -0.229. The van der Waals surface area contributed by atoms with Crippen molar-refractivity contribution in [2.24, 2.45) is 5.41 Å². The van der Waals surface area contributed by atoms with Crippen molar-refractivity contribution in [1.82, 2.24) is 0 Å². The van der Waals surface area contributed by atoms with Gasteiger partial charge in [-0.1, -0.05) is 51.1 Å². The van der Waals surface area contributed by atoms with Gasteiger partial charge in [0.2, 0.25) is 0 Å². The van der Waals surface area contributed by atoms with E-state index in [1.54, 1.807) is 0 Å². The van der Waals surface area contributed by atoms with Gasteiger partial charge in [-0.05, 0) is 5.56 Å². The minimum atomic E-state index is -0.101. The van der Waals surface area contributed by atoms with Crippen LogP contribution >= 0.6 is 0 Å². The second-order valence-electron chi connectivity index (χ2n) is 5.35. The van der Waals surface area contributed by atoms with Crippen molar-refractivity contribution in [3.63, 3.8) is 0 Å². The van der Waals surface area contributed by atoms with Gasteiger partial charge in [0.1, 0.15) is 0 Å². The summed E-state index contributed by atoms with van der Waals surface area (Å²) in [6.45, 7) is 8.02. The molecule has 2 rings (SSSR count). The SMILES string of the molecule is C[C@@H](c1ccccc1)C1OCC(C)(C)CO1. The standard InChI is InChI=1S/C14H20O2/c1-11(12-7-5-4-6-8-12)13-15-9-14(2,3)10-16-13/h4-8,11,13H,9-10H2,1-3H3/t11-/m0/s1. The molecule has 1 fully saturated rings. The van der Waals surface area contributed by atoms with Crippen LogP contribution in [-0.4, -0.2) is 19.5 Å². The van der Waals surface area contributed by atoms with Crippen LogP contribution in [0.15, 0.2) is 30.3 Å². The van der Waals surface area contributed by atoms with E-state index in [0.29, 0.717) is 0 Å². The van der Waals surface area contributed by atoms with E-state index in [0.717, 1.165) is 13.2 Å². The van der Waals surface area contributed by atoms with Crippen LogP contribution in [0.3, 0.4) is 0 Å². The van der Waals surface area contributed by atoms with E-state index in [1.807, 2.05) is 6.07 Å². The molecule has 0 saturated carbocycles. The molecule has 1 saturated heterocycles. The van der Waals surface area contributed by atoms with Crippen molar-refractivity contribution in [2.75, 3.05) is 13.2 Å². The van der Waals surface area contributed by atoms with E-state index in [2.05, 4.69) is 45.0 Å². The third-order valence-corrected chi connectivity index (χ3v) is 3.01. The Morgan fingerprint density at radius 3 is 2.25 bits per heavy atom. The number of benzene rings is 1. The summed E-state index contributed by atoms with van der Waals surface area (Å²) in [5.41, 5.74) is 1.42. The molecule has 88 valence electrons. The van der Waals surface area contributed by atoms with Crippen molar-refractivity contribution < 1.29 is 9.47 Å². The molecule has 0 bridgehead atoms. The highest BCUT2D eigenvalue weighted by atomic mass is 16.7. The summed E-state index contributed by atoms with van der Waals surface area (Å²) >= 11 is 0. The molecule has 16 heavy (non-hydrogen) atoms. The highest BCUT2D eigenvalue weighted by Gasteiger charge is 2.31. The summed E-state index contributed by atoms with van der Waals surface area (Å²) < 4.78 is 11.6. The monoisotopic (exact) mass is 220 g/mol. The molecule has 1 aliphatic heterocycles. The van der Waals surface area contributed by atoms with E-state index in [-0.39, 0.29) is 17.6 Å². The molecule has 0 N–H and O–H groups in total. The summed E-state index contributed by atoms with van der Waals surface area (Å²) in [5.74, 6) is 0.289. The average Bonchev–Trinajstić information content (AvgIpc) is 2.29. The van der Waals surface area contributed by atoms with Crippen LogP contribution in [0.25, 0.3) is 0 Å². The number of hydrogen-bond donors (Lipinski definition) is 0. The molecule has 0 unspecified atom stereocenters. The first-order chi connectivity index (χ1) is 7.58. The molecule has 0 spiro atoms.